The molecule has 0 aliphatic carbocycles. The van der Waals surface area contributed by atoms with Crippen LogP contribution >= 0.6 is 0 Å². The molecule has 1 atom stereocenters. The van der Waals surface area contributed by atoms with Crippen LogP contribution in [0.15, 0.2) is 42.5 Å². The van der Waals surface area contributed by atoms with Crippen molar-refractivity contribution in [1.82, 2.24) is 4.90 Å². The zero-order chi connectivity index (χ0) is 21.0. The Morgan fingerprint density at radius 3 is 2.62 bits per heavy atom. The normalized spacial score (nSPS) is 14.1. The van der Waals surface area contributed by atoms with Crippen molar-refractivity contribution >= 4 is 28.9 Å². The van der Waals surface area contributed by atoms with Gasteiger partial charge in [0, 0.05) is 42.3 Å². The lowest BCUT2D eigenvalue weighted by molar-refractivity contribution is -0.117. The summed E-state index contributed by atoms with van der Waals surface area (Å²) in [5, 5.41) is 2.97. The van der Waals surface area contributed by atoms with Crippen LogP contribution in [0, 0.1) is 0 Å². The molecule has 1 unspecified atom stereocenters. The monoisotopic (exact) mass is 394 g/mol. The maximum Gasteiger partial charge on any atom is 0.253 e. The van der Waals surface area contributed by atoms with Gasteiger partial charge in [0.2, 0.25) is 5.91 Å². The van der Waals surface area contributed by atoms with Gasteiger partial charge >= 0.3 is 0 Å². The Hall–Kier alpha value is -3.02. The predicted molar refractivity (Wildman–Crippen MR) is 118 cm³/mol. The molecule has 0 bridgehead atoms. The summed E-state index contributed by atoms with van der Waals surface area (Å²) in [4.78, 5) is 29.4. The minimum absolute atomic E-state index is 0.0282. The third-order valence-electron chi connectivity index (χ3n) is 5.60. The number of carbonyl (C=O) groups is 2. The van der Waals surface area contributed by atoms with E-state index in [2.05, 4.69) is 10.2 Å². The highest BCUT2D eigenvalue weighted by molar-refractivity contribution is 5.99. The lowest BCUT2D eigenvalue weighted by Gasteiger charge is -2.36. The molecular weight excluding hydrogens is 364 g/mol. The molecule has 3 rings (SSSR count). The molecule has 0 saturated carbocycles. The molecule has 0 saturated heterocycles. The average molecular weight is 395 g/mol. The molecule has 1 heterocycles. The van der Waals surface area contributed by atoms with Crippen molar-refractivity contribution < 1.29 is 9.59 Å². The van der Waals surface area contributed by atoms with Crippen LogP contribution in [0.2, 0.25) is 0 Å². The van der Waals surface area contributed by atoms with Crippen LogP contribution in [0.25, 0.3) is 0 Å². The summed E-state index contributed by atoms with van der Waals surface area (Å²) in [6, 6.07) is 12.7. The second-order valence-electron chi connectivity index (χ2n) is 7.37. The van der Waals surface area contributed by atoms with Gasteiger partial charge in [-0.25, -0.2) is 0 Å². The number of hydrogen-bond acceptors (Lipinski definition) is 4. The summed E-state index contributed by atoms with van der Waals surface area (Å²) in [5.74, 6) is -0.132. The first-order valence-corrected chi connectivity index (χ1v) is 10.3. The molecule has 2 aromatic rings. The van der Waals surface area contributed by atoms with Crippen molar-refractivity contribution in [1.29, 1.82) is 0 Å². The summed E-state index contributed by atoms with van der Waals surface area (Å²) in [6.45, 7) is 7.93. The van der Waals surface area contributed by atoms with Gasteiger partial charge in [-0.15, -0.1) is 0 Å². The molecule has 0 fully saturated rings. The zero-order valence-corrected chi connectivity index (χ0v) is 17.4. The quantitative estimate of drug-likeness (QED) is 0.735. The van der Waals surface area contributed by atoms with Crippen LogP contribution in [0.5, 0.6) is 0 Å². The Morgan fingerprint density at radius 1 is 1.17 bits per heavy atom. The van der Waals surface area contributed by atoms with Gasteiger partial charge in [-0.3, -0.25) is 9.59 Å². The van der Waals surface area contributed by atoms with E-state index in [0.717, 1.165) is 36.3 Å². The van der Waals surface area contributed by atoms with Crippen LogP contribution in [-0.4, -0.2) is 42.4 Å². The fraction of sp³-hybridized carbons (Fsp3) is 0.391. The summed E-state index contributed by atoms with van der Waals surface area (Å²) < 4.78 is 0. The molecule has 29 heavy (non-hydrogen) atoms. The van der Waals surface area contributed by atoms with Crippen molar-refractivity contribution in [3.8, 4) is 0 Å². The van der Waals surface area contributed by atoms with Gasteiger partial charge < -0.3 is 20.9 Å². The number of nitrogens with zero attached hydrogens (tertiary/aromatic N) is 2. The molecule has 1 aliphatic rings. The molecular formula is C23H30N4O2. The van der Waals surface area contributed by atoms with E-state index in [4.69, 9.17) is 5.73 Å². The minimum atomic E-state index is -0.349. The van der Waals surface area contributed by atoms with Crippen molar-refractivity contribution in [2.75, 3.05) is 35.6 Å². The van der Waals surface area contributed by atoms with E-state index in [1.165, 1.54) is 0 Å². The molecule has 154 valence electrons. The van der Waals surface area contributed by atoms with Gasteiger partial charge in [-0.05, 0) is 69.5 Å². The van der Waals surface area contributed by atoms with Gasteiger partial charge in [-0.1, -0.05) is 12.1 Å². The Kier molecular flexibility index (Phi) is 6.42. The topological polar surface area (TPSA) is 78.7 Å². The first-order chi connectivity index (χ1) is 14.0. The maximum atomic E-state index is 13.0. The van der Waals surface area contributed by atoms with E-state index >= 15 is 0 Å². The molecule has 0 spiro atoms. The zero-order valence-electron chi connectivity index (χ0n) is 17.4. The van der Waals surface area contributed by atoms with Crippen LogP contribution in [0.4, 0.5) is 17.1 Å². The van der Waals surface area contributed by atoms with E-state index in [0.29, 0.717) is 24.3 Å². The number of rotatable bonds is 6. The van der Waals surface area contributed by atoms with Crippen LogP contribution < -0.4 is 16.0 Å². The summed E-state index contributed by atoms with van der Waals surface area (Å²) >= 11 is 0. The van der Waals surface area contributed by atoms with Gasteiger partial charge in [0.25, 0.3) is 5.91 Å². The van der Waals surface area contributed by atoms with Crippen molar-refractivity contribution in [3.05, 3.63) is 53.6 Å². The number of anilines is 3. The van der Waals surface area contributed by atoms with Crippen molar-refractivity contribution in [2.24, 2.45) is 0 Å². The van der Waals surface area contributed by atoms with E-state index in [1.54, 1.807) is 23.1 Å². The molecule has 2 amide bonds. The summed E-state index contributed by atoms with van der Waals surface area (Å²) in [5.41, 5.74) is 10.3. The number of benzene rings is 2. The van der Waals surface area contributed by atoms with Crippen molar-refractivity contribution in [3.63, 3.8) is 0 Å². The molecule has 6 nitrogen and oxygen atoms in total. The van der Waals surface area contributed by atoms with Crippen LogP contribution in [-0.2, 0) is 11.2 Å². The Bertz CT molecular complexity index is 892. The predicted octanol–water partition coefficient (Wildman–Crippen LogP) is 3.53. The van der Waals surface area contributed by atoms with Gasteiger partial charge in [0.05, 0.1) is 0 Å². The fourth-order valence-electron chi connectivity index (χ4n) is 3.89. The minimum Gasteiger partial charge on any atom is -0.398 e. The number of carbonyl (C=O) groups excluding carboxylic acids is 2. The third kappa shape index (κ3) is 4.36. The van der Waals surface area contributed by atoms with E-state index in [1.807, 2.05) is 45.0 Å². The Labute approximate surface area is 172 Å². The van der Waals surface area contributed by atoms with E-state index < -0.39 is 0 Å². The number of nitrogens with two attached hydrogens (primary N) is 1. The highest BCUT2D eigenvalue weighted by Gasteiger charge is 2.27. The number of nitrogen functional groups attached to an aromatic ring is 1. The smallest absolute Gasteiger partial charge is 0.253 e. The molecule has 2 aromatic carbocycles. The molecule has 3 N–H and O–H groups in total. The van der Waals surface area contributed by atoms with Gasteiger partial charge in [0.1, 0.15) is 6.04 Å². The Morgan fingerprint density at radius 2 is 1.90 bits per heavy atom. The molecule has 0 radical (unpaired) electrons. The molecule has 0 aromatic heterocycles. The van der Waals surface area contributed by atoms with E-state index in [9.17, 15) is 9.59 Å². The maximum absolute atomic E-state index is 13.0. The van der Waals surface area contributed by atoms with Gasteiger partial charge in [0.15, 0.2) is 0 Å². The second-order valence-corrected chi connectivity index (χ2v) is 7.37. The number of nitrogens with one attached hydrogen (secondary N) is 1. The second kappa shape index (κ2) is 8.99. The molecule has 6 heteroatoms. The lowest BCUT2D eigenvalue weighted by Crippen LogP contribution is -2.44. The third-order valence-corrected chi connectivity index (χ3v) is 5.60. The average Bonchev–Trinajstić information content (AvgIpc) is 2.74. The largest absolute Gasteiger partial charge is 0.398 e. The summed E-state index contributed by atoms with van der Waals surface area (Å²) in [7, 11) is 0. The highest BCUT2D eigenvalue weighted by Crippen LogP contribution is 2.32. The number of amides is 2. The first kappa shape index (κ1) is 20.7. The Balaban J connectivity index is 1.75. The SMILES string of the molecule is CCN(CC)C(=O)c1cccc(NC(=O)C(C)N2CCCc3c(N)cccc32)c1. The standard InChI is InChI=1S/C23H30N4O2/c1-4-26(5-2)23(29)17-9-6-10-18(15-17)25-22(28)16(3)27-14-8-11-19-20(24)12-7-13-21(19)27/h6-7,9-10,12-13,15-16H,4-5,8,11,14,24H2,1-3H3,(H,25,28). The van der Waals surface area contributed by atoms with Crippen molar-refractivity contribution in [2.45, 2.75) is 39.7 Å². The van der Waals surface area contributed by atoms with E-state index in [-0.39, 0.29) is 17.9 Å². The summed E-state index contributed by atoms with van der Waals surface area (Å²) in [6.07, 6.45) is 1.90. The number of fused-ring (bicyclic) bond motifs is 1. The van der Waals surface area contributed by atoms with Crippen LogP contribution in [0.3, 0.4) is 0 Å². The first-order valence-electron chi connectivity index (χ1n) is 10.3. The lowest BCUT2D eigenvalue weighted by atomic mass is 9.98. The molecule has 1 aliphatic heterocycles. The van der Waals surface area contributed by atoms with Gasteiger partial charge in [-0.2, -0.15) is 0 Å². The fourth-order valence-corrected chi connectivity index (χ4v) is 3.89. The van der Waals surface area contributed by atoms with Crippen LogP contribution in [0.1, 0.15) is 43.1 Å². The highest BCUT2D eigenvalue weighted by atomic mass is 16.2. The number of hydrogen-bond donors (Lipinski definition) is 2.